The molecule has 112 valence electrons. The summed E-state index contributed by atoms with van der Waals surface area (Å²) in [4.78, 5) is 2.26. The van der Waals surface area contributed by atoms with Gasteiger partial charge in [0.15, 0.2) is 0 Å². The Kier molecular flexibility index (Phi) is 5.38. The molecule has 3 nitrogen and oxygen atoms in total. The number of benzene rings is 1. The van der Waals surface area contributed by atoms with E-state index in [2.05, 4.69) is 18.7 Å². The van der Waals surface area contributed by atoms with Crippen LogP contribution in [0.15, 0.2) is 18.2 Å². The van der Waals surface area contributed by atoms with E-state index in [-0.39, 0.29) is 17.5 Å². The van der Waals surface area contributed by atoms with Crippen molar-refractivity contribution in [3.63, 3.8) is 0 Å². The molecule has 1 heterocycles. The predicted octanol–water partition coefficient (Wildman–Crippen LogP) is 2.49. The van der Waals surface area contributed by atoms with Gasteiger partial charge in [0.2, 0.25) is 0 Å². The summed E-state index contributed by atoms with van der Waals surface area (Å²) in [5, 5.41) is 10.4. The lowest BCUT2D eigenvalue weighted by Crippen LogP contribution is -2.50. The number of hydrogen-bond donors (Lipinski definition) is 1. The van der Waals surface area contributed by atoms with Crippen LogP contribution in [0.4, 0.5) is 4.39 Å². The SMILES string of the molecule is CC(C)N1CCOC(C(O)Cc2cccc(Cl)c2F)C1. The quantitative estimate of drug-likeness (QED) is 0.927. The predicted molar refractivity (Wildman–Crippen MR) is 77.6 cm³/mol. The Morgan fingerprint density at radius 2 is 2.25 bits per heavy atom. The van der Waals surface area contributed by atoms with Gasteiger partial charge in [-0.2, -0.15) is 0 Å². The van der Waals surface area contributed by atoms with Gasteiger partial charge in [0.25, 0.3) is 0 Å². The van der Waals surface area contributed by atoms with Gasteiger partial charge in [0.1, 0.15) is 5.82 Å². The van der Waals surface area contributed by atoms with E-state index in [1.165, 1.54) is 6.07 Å². The first-order valence-electron chi connectivity index (χ1n) is 6.95. The Bertz CT molecular complexity index is 455. The highest BCUT2D eigenvalue weighted by molar-refractivity contribution is 6.30. The van der Waals surface area contributed by atoms with Crippen LogP contribution in [0.2, 0.25) is 5.02 Å². The van der Waals surface area contributed by atoms with Crippen molar-refractivity contribution in [1.82, 2.24) is 4.90 Å². The highest BCUT2D eigenvalue weighted by Gasteiger charge is 2.28. The number of rotatable bonds is 4. The summed E-state index contributed by atoms with van der Waals surface area (Å²) in [5.41, 5.74) is 0.426. The van der Waals surface area contributed by atoms with Crippen molar-refractivity contribution < 1.29 is 14.2 Å². The lowest BCUT2D eigenvalue weighted by atomic mass is 10.0. The Hall–Kier alpha value is -0.680. The highest BCUT2D eigenvalue weighted by atomic mass is 35.5. The average Bonchev–Trinajstić information content (AvgIpc) is 2.44. The number of ether oxygens (including phenoxy) is 1. The number of halogens is 2. The maximum absolute atomic E-state index is 13.8. The van der Waals surface area contributed by atoms with Crippen LogP contribution in [0.25, 0.3) is 0 Å². The zero-order valence-corrected chi connectivity index (χ0v) is 12.6. The average molecular weight is 302 g/mol. The molecular weight excluding hydrogens is 281 g/mol. The molecule has 20 heavy (non-hydrogen) atoms. The van der Waals surface area contributed by atoms with Gasteiger partial charge >= 0.3 is 0 Å². The first kappa shape index (κ1) is 15.7. The number of hydrogen-bond acceptors (Lipinski definition) is 3. The largest absolute Gasteiger partial charge is 0.390 e. The minimum absolute atomic E-state index is 0.0862. The number of aliphatic hydroxyl groups is 1. The van der Waals surface area contributed by atoms with Crippen molar-refractivity contribution in [2.24, 2.45) is 0 Å². The standard InChI is InChI=1S/C15H21ClFNO2/c1-10(2)18-6-7-20-14(9-18)13(19)8-11-4-3-5-12(16)15(11)17/h3-5,10,13-14,19H,6-9H2,1-2H3. The lowest BCUT2D eigenvalue weighted by molar-refractivity contribution is -0.0942. The summed E-state index contributed by atoms with van der Waals surface area (Å²) in [6, 6.07) is 5.25. The normalized spacial score (nSPS) is 22.2. The van der Waals surface area contributed by atoms with Crippen LogP contribution >= 0.6 is 11.6 Å². The van der Waals surface area contributed by atoms with Gasteiger partial charge in [-0.05, 0) is 25.5 Å². The Morgan fingerprint density at radius 1 is 1.50 bits per heavy atom. The fourth-order valence-corrected chi connectivity index (χ4v) is 2.66. The number of morpholine rings is 1. The molecular formula is C15H21ClFNO2. The van der Waals surface area contributed by atoms with E-state index >= 15 is 0 Å². The summed E-state index contributed by atoms with van der Waals surface area (Å²) in [5.74, 6) is -0.454. The molecule has 1 aliphatic heterocycles. The molecule has 1 N–H and O–H groups in total. The third kappa shape index (κ3) is 3.70. The second kappa shape index (κ2) is 6.85. The molecule has 5 heteroatoms. The summed E-state index contributed by atoms with van der Waals surface area (Å²) in [6.07, 6.45) is -0.808. The summed E-state index contributed by atoms with van der Waals surface area (Å²) < 4.78 is 19.5. The van der Waals surface area contributed by atoms with E-state index in [4.69, 9.17) is 16.3 Å². The molecule has 2 atom stereocenters. The van der Waals surface area contributed by atoms with Gasteiger partial charge in [0, 0.05) is 25.6 Å². The van der Waals surface area contributed by atoms with Gasteiger partial charge in [-0.1, -0.05) is 23.7 Å². The van der Waals surface area contributed by atoms with E-state index in [1.54, 1.807) is 12.1 Å². The monoisotopic (exact) mass is 301 g/mol. The van der Waals surface area contributed by atoms with Crippen LogP contribution in [0.5, 0.6) is 0 Å². The van der Waals surface area contributed by atoms with Gasteiger partial charge in [-0.25, -0.2) is 4.39 Å². The van der Waals surface area contributed by atoms with E-state index in [0.717, 1.165) is 6.54 Å². The molecule has 0 saturated carbocycles. The molecule has 0 bridgehead atoms. The molecule has 1 fully saturated rings. The molecule has 2 unspecified atom stereocenters. The Balaban J connectivity index is 2.00. The first-order chi connectivity index (χ1) is 9.49. The maximum Gasteiger partial charge on any atom is 0.145 e. The van der Waals surface area contributed by atoms with Crippen molar-refractivity contribution in [3.8, 4) is 0 Å². The van der Waals surface area contributed by atoms with Crippen LogP contribution < -0.4 is 0 Å². The van der Waals surface area contributed by atoms with E-state index < -0.39 is 11.9 Å². The second-order valence-corrected chi connectivity index (χ2v) is 5.89. The third-order valence-electron chi connectivity index (χ3n) is 3.74. The van der Waals surface area contributed by atoms with Crippen molar-refractivity contribution in [1.29, 1.82) is 0 Å². The van der Waals surface area contributed by atoms with E-state index in [0.29, 0.717) is 24.8 Å². The fourth-order valence-electron chi connectivity index (χ4n) is 2.46. The summed E-state index contributed by atoms with van der Waals surface area (Å²) in [6.45, 7) is 6.36. The number of aliphatic hydroxyl groups excluding tert-OH is 1. The van der Waals surface area contributed by atoms with Crippen molar-refractivity contribution >= 4 is 11.6 Å². The molecule has 1 aromatic rings. The topological polar surface area (TPSA) is 32.7 Å². The minimum atomic E-state index is -0.732. The molecule has 0 amide bonds. The zero-order chi connectivity index (χ0) is 14.7. The first-order valence-corrected chi connectivity index (χ1v) is 7.33. The van der Waals surface area contributed by atoms with Gasteiger partial charge < -0.3 is 9.84 Å². The van der Waals surface area contributed by atoms with E-state index in [9.17, 15) is 9.50 Å². The molecule has 0 aromatic heterocycles. The molecule has 0 spiro atoms. The molecule has 1 aliphatic rings. The summed E-state index contributed by atoms with van der Waals surface area (Å²) in [7, 11) is 0. The second-order valence-electron chi connectivity index (χ2n) is 5.48. The highest BCUT2D eigenvalue weighted by Crippen LogP contribution is 2.21. The number of nitrogens with zero attached hydrogens (tertiary/aromatic N) is 1. The van der Waals surface area contributed by atoms with Gasteiger partial charge in [-0.3, -0.25) is 4.90 Å². The molecule has 1 aromatic carbocycles. The van der Waals surface area contributed by atoms with Crippen LogP contribution in [0.1, 0.15) is 19.4 Å². The third-order valence-corrected chi connectivity index (χ3v) is 4.04. The molecule has 1 saturated heterocycles. The van der Waals surface area contributed by atoms with Gasteiger partial charge in [0.05, 0.1) is 23.8 Å². The maximum atomic E-state index is 13.8. The Labute approximate surface area is 124 Å². The molecule has 2 rings (SSSR count). The fraction of sp³-hybridized carbons (Fsp3) is 0.600. The van der Waals surface area contributed by atoms with Crippen LogP contribution in [-0.4, -0.2) is 48.0 Å². The van der Waals surface area contributed by atoms with Gasteiger partial charge in [-0.15, -0.1) is 0 Å². The summed E-state index contributed by atoms with van der Waals surface area (Å²) >= 11 is 5.75. The van der Waals surface area contributed by atoms with Crippen LogP contribution in [-0.2, 0) is 11.2 Å². The van der Waals surface area contributed by atoms with Crippen molar-refractivity contribution in [3.05, 3.63) is 34.6 Å². The van der Waals surface area contributed by atoms with Crippen LogP contribution in [0, 0.1) is 5.82 Å². The van der Waals surface area contributed by atoms with Crippen molar-refractivity contribution in [2.45, 2.75) is 38.5 Å². The zero-order valence-electron chi connectivity index (χ0n) is 11.9. The van der Waals surface area contributed by atoms with E-state index in [1.807, 2.05) is 0 Å². The Morgan fingerprint density at radius 3 is 2.95 bits per heavy atom. The minimum Gasteiger partial charge on any atom is -0.390 e. The van der Waals surface area contributed by atoms with Crippen molar-refractivity contribution in [2.75, 3.05) is 19.7 Å². The molecule has 0 radical (unpaired) electrons. The smallest absolute Gasteiger partial charge is 0.145 e. The van der Waals surface area contributed by atoms with Crippen LogP contribution in [0.3, 0.4) is 0 Å². The lowest BCUT2D eigenvalue weighted by Gasteiger charge is -2.37. The molecule has 0 aliphatic carbocycles.